The molecule has 2 unspecified atom stereocenters. The molecule has 2 aromatic rings. The molecule has 244 valence electrons. The Morgan fingerprint density at radius 2 is 0.605 bits per heavy atom. The summed E-state index contributed by atoms with van der Waals surface area (Å²) in [5.41, 5.74) is 2.03. The van der Waals surface area contributed by atoms with Crippen molar-refractivity contribution in [2.24, 2.45) is 0 Å². The van der Waals surface area contributed by atoms with Crippen molar-refractivity contribution in [3.05, 3.63) is 57.6 Å². The van der Waals surface area contributed by atoms with Crippen molar-refractivity contribution in [3.63, 3.8) is 0 Å². The van der Waals surface area contributed by atoms with Gasteiger partial charge in [-0.2, -0.15) is 0 Å². The molecule has 5 nitrogen and oxygen atoms in total. The summed E-state index contributed by atoms with van der Waals surface area (Å²) in [4.78, 5) is 23.9. The van der Waals surface area contributed by atoms with E-state index in [1.165, 1.54) is 0 Å². The predicted octanol–water partition coefficient (Wildman–Crippen LogP) is 9.81. The van der Waals surface area contributed by atoms with Gasteiger partial charge in [-0.3, -0.25) is 9.13 Å². The number of hydrogen-bond donors (Lipinski definition) is 2. The summed E-state index contributed by atoms with van der Waals surface area (Å²) in [7, 11) is -9.75. The zero-order valence-electron chi connectivity index (χ0n) is 30.3. The molecule has 0 radical (unpaired) electrons. The topological polar surface area (TPSA) is 83.8 Å². The van der Waals surface area contributed by atoms with Gasteiger partial charge in [0.05, 0.1) is 10.6 Å². The maximum atomic E-state index is 14.6. The molecular formula is C36H60O5P2. The molecule has 0 aliphatic heterocycles. The summed E-state index contributed by atoms with van der Waals surface area (Å²) in [5.74, 6) is 0. The Morgan fingerprint density at radius 1 is 0.419 bits per heavy atom. The molecule has 2 rings (SSSR count). The molecule has 2 N–H and O–H groups in total. The summed E-state index contributed by atoms with van der Waals surface area (Å²) in [6.07, 6.45) is 0. The van der Waals surface area contributed by atoms with E-state index in [0.29, 0.717) is 22.3 Å². The number of rotatable bonds is 4. The molecular weight excluding hydrogens is 574 g/mol. The Kier molecular flexibility index (Phi) is 9.92. The fourth-order valence-corrected chi connectivity index (χ4v) is 9.93. The monoisotopic (exact) mass is 634 g/mol. The zero-order valence-corrected chi connectivity index (χ0v) is 32.1. The highest BCUT2D eigenvalue weighted by atomic mass is 31.3. The molecule has 2 atom stereocenters. The molecule has 0 fully saturated rings. The molecule has 0 aliphatic rings. The molecule has 0 bridgehead atoms. The van der Waals surface area contributed by atoms with Crippen LogP contribution in [0.25, 0.3) is 0 Å². The number of hydrogen-bond acceptors (Lipinski definition) is 3. The van der Waals surface area contributed by atoms with Crippen molar-refractivity contribution >= 4 is 25.8 Å². The van der Waals surface area contributed by atoms with Gasteiger partial charge in [-0.25, -0.2) is 4.31 Å². The first kappa shape index (κ1) is 38.0. The van der Waals surface area contributed by atoms with Gasteiger partial charge in [0, 0.05) is 0 Å². The number of benzene rings is 2. The van der Waals surface area contributed by atoms with E-state index in [0.717, 1.165) is 11.1 Å². The van der Waals surface area contributed by atoms with Crippen LogP contribution in [0, 0.1) is 0 Å². The highest BCUT2D eigenvalue weighted by molar-refractivity contribution is 7.74. The molecule has 7 heteroatoms. The van der Waals surface area contributed by atoms with Gasteiger partial charge >= 0.3 is 15.2 Å². The maximum Gasteiger partial charge on any atom is 0.366 e. The van der Waals surface area contributed by atoms with Crippen molar-refractivity contribution in [2.75, 3.05) is 0 Å². The Labute approximate surface area is 263 Å². The maximum absolute atomic E-state index is 14.6. The third kappa shape index (κ3) is 8.53. The van der Waals surface area contributed by atoms with Crippen molar-refractivity contribution in [1.82, 2.24) is 0 Å². The Hall–Kier alpha value is -1.22. The first-order valence-electron chi connectivity index (χ1n) is 15.4. The van der Waals surface area contributed by atoms with Crippen LogP contribution in [0.5, 0.6) is 0 Å². The summed E-state index contributed by atoms with van der Waals surface area (Å²) in [6.45, 7) is 36.6. The van der Waals surface area contributed by atoms with Crippen LogP contribution in [-0.2, 0) is 45.9 Å². The molecule has 43 heavy (non-hydrogen) atoms. The summed E-state index contributed by atoms with van der Waals surface area (Å²) in [5, 5.41) is 0.242. The minimum atomic E-state index is -4.87. The quantitative estimate of drug-likeness (QED) is 0.327. The van der Waals surface area contributed by atoms with E-state index in [9.17, 15) is 18.9 Å². The molecule has 0 saturated carbocycles. The summed E-state index contributed by atoms with van der Waals surface area (Å²) in [6, 6.07) is 7.88. The lowest BCUT2D eigenvalue weighted by Gasteiger charge is -2.36. The van der Waals surface area contributed by atoms with E-state index in [1.807, 2.05) is 107 Å². The van der Waals surface area contributed by atoms with E-state index < -0.39 is 36.9 Å². The second kappa shape index (κ2) is 11.2. The highest BCUT2D eigenvalue weighted by Gasteiger charge is 2.46. The molecule has 0 saturated heterocycles. The van der Waals surface area contributed by atoms with Gasteiger partial charge in [0.2, 0.25) is 0 Å². The molecule has 0 spiro atoms. The predicted molar refractivity (Wildman–Crippen MR) is 185 cm³/mol. The van der Waals surface area contributed by atoms with Crippen LogP contribution >= 0.6 is 15.2 Å². The first-order valence-corrected chi connectivity index (χ1v) is 18.5. The van der Waals surface area contributed by atoms with E-state index in [4.69, 9.17) is 4.31 Å². The SMILES string of the molecule is CC(C)(C)c1cc(C(C)(C)C)c(P(=O)(O)OP(=O)(O)c2c(C(C)(C)C)cc(C(C)(C)C)cc2C(C)(C)C)c(C(C)(C)C)c1. The summed E-state index contributed by atoms with van der Waals surface area (Å²) < 4.78 is 35.1. The van der Waals surface area contributed by atoms with E-state index in [1.54, 1.807) is 0 Å². The lowest BCUT2D eigenvalue weighted by molar-refractivity contribution is 0.346. The van der Waals surface area contributed by atoms with E-state index in [2.05, 4.69) is 41.5 Å². The van der Waals surface area contributed by atoms with Gasteiger partial charge in [0.1, 0.15) is 0 Å². The Morgan fingerprint density at radius 3 is 0.744 bits per heavy atom. The van der Waals surface area contributed by atoms with Gasteiger partial charge in [-0.15, -0.1) is 0 Å². The van der Waals surface area contributed by atoms with Gasteiger partial charge in [0.15, 0.2) is 0 Å². The second-order valence-corrected chi connectivity index (χ2v) is 22.1. The van der Waals surface area contributed by atoms with Gasteiger partial charge in [-0.1, -0.05) is 149 Å². The minimum absolute atomic E-state index is 0.121. The molecule has 0 heterocycles. The van der Waals surface area contributed by atoms with Crippen molar-refractivity contribution < 1.29 is 23.2 Å². The molecule has 0 aromatic heterocycles. The molecule has 0 aliphatic carbocycles. The van der Waals surface area contributed by atoms with Crippen molar-refractivity contribution in [2.45, 2.75) is 157 Å². The van der Waals surface area contributed by atoms with E-state index in [-0.39, 0.29) is 21.4 Å². The zero-order chi connectivity index (χ0) is 34.2. The van der Waals surface area contributed by atoms with Crippen LogP contribution in [0.4, 0.5) is 0 Å². The largest absolute Gasteiger partial charge is 0.366 e. The molecule has 2 aromatic carbocycles. The van der Waals surface area contributed by atoms with Gasteiger partial charge in [0.25, 0.3) is 0 Å². The standard InChI is InChI=1S/C36H60O5P2/c1-31(2,3)23-19-25(33(7,8)9)29(26(20-23)34(10,11)12)42(37,38)41-43(39,40)30-27(35(13,14)15)21-24(32(4,5)6)22-28(30)36(16,17)18/h19-22H,1-18H3,(H,37,38)(H,39,40). The lowest BCUT2D eigenvalue weighted by Crippen LogP contribution is -2.35. The second-order valence-electron chi connectivity index (χ2n) is 18.5. The van der Waals surface area contributed by atoms with Crippen LogP contribution in [-0.4, -0.2) is 9.79 Å². The van der Waals surface area contributed by atoms with Crippen LogP contribution < -0.4 is 10.6 Å². The van der Waals surface area contributed by atoms with E-state index >= 15 is 0 Å². The minimum Gasteiger partial charge on any atom is -0.321 e. The third-order valence-electron chi connectivity index (χ3n) is 7.97. The average molecular weight is 635 g/mol. The fraction of sp³-hybridized carbons (Fsp3) is 0.667. The van der Waals surface area contributed by atoms with Crippen LogP contribution in [0.15, 0.2) is 24.3 Å². The fourth-order valence-electron chi connectivity index (χ4n) is 5.26. The average Bonchev–Trinajstić information content (AvgIpc) is 2.72. The van der Waals surface area contributed by atoms with Gasteiger partial charge < -0.3 is 9.79 Å². The normalized spacial score (nSPS) is 17.0. The smallest absolute Gasteiger partial charge is 0.321 e. The van der Waals surface area contributed by atoms with Crippen molar-refractivity contribution in [3.8, 4) is 0 Å². The van der Waals surface area contributed by atoms with Crippen LogP contribution in [0.3, 0.4) is 0 Å². The van der Waals surface area contributed by atoms with Crippen LogP contribution in [0.1, 0.15) is 158 Å². The summed E-state index contributed by atoms with van der Waals surface area (Å²) >= 11 is 0. The third-order valence-corrected chi connectivity index (χ3v) is 11.8. The Bertz CT molecular complexity index is 1280. The first-order chi connectivity index (χ1) is 18.6. The Balaban J connectivity index is 3.08. The molecule has 0 amide bonds. The van der Waals surface area contributed by atoms with Crippen LogP contribution in [0.2, 0.25) is 0 Å². The van der Waals surface area contributed by atoms with Crippen molar-refractivity contribution in [1.29, 1.82) is 0 Å². The van der Waals surface area contributed by atoms with Gasteiger partial charge in [-0.05, 0) is 65.9 Å². The lowest BCUT2D eigenvalue weighted by atomic mass is 9.75. The highest BCUT2D eigenvalue weighted by Crippen LogP contribution is 2.62.